The molecule has 0 bridgehead atoms. The number of hydrogen-bond donors (Lipinski definition) is 2. The summed E-state index contributed by atoms with van der Waals surface area (Å²) >= 11 is 0. The first-order valence-corrected chi connectivity index (χ1v) is 7.96. The number of carbonyl (C=O) groups excluding carboxylic acids is 3. The molecule has 0 heterocycles. The maximum Gasteiger partial charge on any atom is 0.416 e. The SMILES string of the molecule is CCOC(=O)[C@H](C)C[C@H](NC(=O)Cc1cccc(C(F)(F)F)c1)C(N)=O. The Balaban J connectivity index is 2.74. The van der Waals surface area contributed by atoms with Gasteiger partial charge in [-0.2, -0.15) is 13.2 Å². The molecule has 0 radical (unpaired) electrons. The van der Waals surface area contributed by atoms with Crippen LogP contribution in [0.4, 0.5) is 13.2 Å². The molecule has 0 saturated heterocycles. The molecule has 0 unspecified atom stereocenters. The molecule has 144 valence electrons. The molecular weight excluding hydrogens is 353 g/mol. The molecule has 26 heavy (non-hydrogen) atoms. The van der Waals surface area contributed by atoms with Crippen LogP contribution in [0.5, 0.6) is 0 Å². The number of nitrogens with one attached hydrogen (secondary N) is 1. The summed E-state index contributed by atoms with van der Waals surface area (Å²) in [6.45, 7) is 3.33. The Morgan fingerprint density at radius 3 is 2.46 bits per heavy atom. The molecule has 0 saturated carbocycles. The van der Waals surface area contributed by atoms with Crippen molar-refractivity contribution in [3.05, 3.63) is 35.4 Å². The quantitative estimate of drug-likeness (QED) is 0.678. The highest BCUT2D eigenvalue weighted by Gasteiger charge is 2.30. The molecule has 1 aromatic rings. The van der Waals surface area contributed by atoms with Crippen LogP contribution in [-0.4, -0.2) is 30.4 Å². The lowest BCUT2D eigenvalue weighted by Crippen LogP contribution is -2.46. The lowest BCUT2D eigenvalue weighted by molar-refractivity contribution is -0.148. The van der Waals surface area contributed by atoms with E-state index in [1.807, 2.05) is 0 Å². The van der Waals surface area contributed by atoms with Gasteiger partial charge in [-0.05, 0) is 25.0 Å². The van der Waals surface area contributed by atoms with Gasteiger partial charge in [-0.25, -0.2) is 0 Å². The Morgan fingerprint density at radius 1 is 1.27 bits per heavy atom. The molecule has 0 aliphatic heterocycles. The summed E-state index contributed by atoms with van der Waals surface area (Å²) in [5.74, 6) is -2.74. The van der Waals surface area contributed by atoms with Crippen LogP contribution in [0.1, 0.15) is 31.4 Å². The monoisotopic (exact) mass is 374 g/mol. The molecule has 0 fully saturated rings. The summed E-state index contributed by atoms with van der Waals surface area (Å²) in [7, 11) is 0. The van der Waals surface area contributed by atoms with Crippen molar-refractivity contribution in [1.29, 1.82) is 0 Å². The van der Waals surface area contributed by atoms with E-state index in [0.29, 0.717) is 0 Å². The van der Waals surface area contributed by atoms with Crippen molar-refractivity contribution in [2.24, 2.45) is 11.7 Å². The fraction of sp³-hybridized carbons (Fsp3) is 0.471. The normalized spacial score (nSPS) is 13.6. The van der Waals surface area contributed by atoms with Crippen LogP contribution >= 0.6 is 0 Å². The van der Waals surface area contributed by atoms with Crippen LogP contribution in [0, 0.1) is 5.92 Å². The predicted octanol–water partition coefficient (Wildman–Crippen LogP) is 1.81. The number of halogens is 3. The third-order valence-corrected chi connectivity index (χ3v) is 3.58. The summed E-state index contributed by atoms with van der Waals surface area (Å²) < 4.78 is 42.9. The number of benzene rings is 1. The zero-order valence-electron chi connectivity index (χ0n) is 14.4. The Kier molecular flexibility index (Phi) is 7.60. The van der Waals surface area contributed by atoms with Gasteiger partial charge in [-0.1, -0.05) is 25.1 Å². The fourth-order valence-electron chi connectivity index (χ4n) is 2.27. The minimum Gasteiger partial charge on any atom is -0.466 e. The van der Waals surface area contributed by atoms with E-state index in [0.717, 1.165) is 12.1 Å². The number of primary amides is 1. The minimum atomic E-state index is -4.52. The maximum atomic E-state index is 12.7. The van der Waals surface area contributed by atoms with E-state index >= 15 is 0 Å². The van der Waals surface area contributed by atoms with Crippen molar-refractivity contribution in [2.45, 2.75) is 38.9 Å². The number of hydrogen-bond acceptors (Lipinski definition) is 4. The van der Waals surface area contributed by atoms with E-state index in [1.54, 1.807) is 6.92 Å². The second-order valence-corrected chi connectivity index (χ2v) is 5.79. The lowest BCUT2D eigenvalue weighted by atomic mass is 10.0. The van der Waals surface area contributed by atoms with E-state index in [4.69, 9.17) is 10.5 Å². The van der Waals surface area contributed by atoms with Crippen LogP contribution in [0.15, 0.2) is 24.3 Å². The molecule has 0 spiro atoms. The topological polar surface area (TPSA) is 98.5 Å². The number of carbonyl (C=O) groups is 3. The Morgan fingerprint density at radius 2 is 1.92 bits per heavy atom. The summed E-state index contributed by atoms with van der Waals surface area (Å²) in [4.78, 5) is 35.2. The first-order chi connectivity index (χ1) is 12.0. The first kappa shape index (κ1) is 21.5. The predicted molar refractivity (Wildman–Crippen MR) is 86.7 cm³/mol. The summed E-state index contributed by atoms with van der Waals surface area (Å²) in [6.07, 6.45) is -4.94. The molecule has 1 rings (SSSR count). The molecule has 0 aliphatic rings. The molecule has 2 amide bonds. The van der Waals surface area contributed by atoms with E-state index in [9.17, 15) is 27.6 Å². The zero-order valence-corrected chi connectivity index (χ0v) is 14.4. The Labute approximate surface area is 148 Å². The highest BCUT2D eigenvalue weighted by Crippen LogP contribution is 2.29. The molecule has 9 heteroatoms. The van der Waals surface area contributed by atoms with Gasteiger partial charge < -0.3 is 15.8 Å². The minimum absolute atomic E-state index is 0.0670. The third-order valence-electron chi connectivity index (χ3n) is 3.58. The van der Waals surface area contributed by atoms with Gasteiger partial charge >= 0.3 is 12.1 Å². The Bertz CT molecular complexity index is 662. The number of ether oxygens (including phenoxy) is 1. The van der Waals surface area contributed by atoms with Crippen molar-refractivity contribution in [1.82, 2.24) is 5.32 Å². The molecule has 1 aromatic carbocycles. The van der Waals surface area contributed by atoms with Gasteiger partial charge in [-0.15, -0.1) is 0 Å². The van der Waals surface area contributed by atoms with Gasteiger partial charge in [0.1, 0.15) is 6.04 Å². The first-order valence-electron chi connectivity index (χ1n) is 7.96. The number of alkyl halides is 3. The van der Waals surface area contributed by atoms with E-state index < -0.39 is 41.5 Å². The van der Waals surface area contributed by atoms with Crippen molar-refractivity contribution in [2.75, 3.05) is 6.61 Å². The molecule has 6 nitrogen and oxygen atoms in total. The van der Waals surface area contributed by atoms with Gasteiger partial charge in [0, 0.05) is 0 Å². The van der Waals surface area contributed by atoms with E-state index in [2.05, 4.69) is 5.32 Å². The van der Waals surface area contributed by atoms with Crippen LogP contribution in [0.3, 0.4) is 0 Å². The largest absolute Gasteiger partial charge is 0.466 e. The molecular formula is C17H21F3N2O4. The number of esters is 1. The highest BCUT2D eigenvalue weighted by molar-refractivity contribution is 5.88. The second-order valence-electron chi connectivity index (χ2n) is 5.79. The fourth-order valence-corrected chi connectivity index (χ4v) is 2.27. The molecule has 2 atom stereocenters. The average molecular weight is 374 g/mol. The molecule has 0 aromatic heterocycles. The smallest absolute Gasteiger partial charge is 0.416 e. The number of amides is 2. The number of nitrogens with two attached hydrogens (primary N) is 1. The summed E-state index contributed by atoms with van der Waals surface area (Å²) in [6, 6.07) is 3.19. The average Bonchev–Trinajstić information content (AvgIpc) is 2.53. The standard InChI is InChI=1S/C17H21F3N2O4/c1-3-26-16(25)10(2)7-13(15(21)24)22-14(23)9-11-5-4-6-12(8-11)17(18,19)20/h4-6,8,10,13H,3,7,9H2,1-2H3,(H2,21,24)(H,22,23)/t10-,13+/m1/s1. The van der Waals surface area contributed by atoms with Crippen LogP contribution in [0.2, 0.25) is 0 Å². The van der Waals surface area contributed by atoms with Crippen molar-refractivity contribution < 1.29 is 32.3 Å². The Hall–Kier alpha value is -2.58. The lowest BCUT2D eigenvalue weighted by Gasteiger charge is -2.19. The summed E-state index contributed by atoms with van der Waals surface area (Å²) in [5, 5.41) is 2.35. The van der Waals surface area contributed by atoms with Crippen molar-refractivity contribution in [3.63, 3.8) is 0 Å². The number of rotatable bonds is 8. The maximum absolute atomic E-state index is 12.7. The second kappa shape index (κ2) is 9.21. The zero-order chi connectivity index (χ0) is 19.9. The van der Waals surface area contributed by atoms with Gasteiger partial charge in [0.2, 0.25) is 11.8 Å². The van der Waals surface area contributed by atoms with Gasteiger partial charge in [0.25, 0.3) is 0 Å². The van der Waals surface area contributed by atoms with Crippen molar-refractivity contribution in [3.8, 4) is 0 Å². The van der Waals surface area contributed by atoms with Gasteiger partial charge in [-0.3, -0.25) is 14.4 Å². The van der Waals surface area contributed by atoms with Gasteiger partial charge in [0.15, 0.2) is 0 Å². The van der Waals surface area contributed by atoms with Crippen molar-refractivity contribution >= 4 is 17.8 Å². The third kappa shape index (κ3) is 6.73. The van der Waals surface area contributed by atoms with Crippen LogP contribution < -0.4 is 11.1 Å². The van der Waals surface area contributed by atoms with Crippen LogP contribution in [-0.2, 0) is 31.7 Å². The van der Waals surface area contributed by atoms with Crippen LogP contribution in [0.25, 0.3) is 0 Å². The molecule has 3 N–H and O–H groups in total. The molecule has 0 aliphatic carbocycles. The van der Waals surface area contributed by atoms with E-state index in [1.165, 1.54) is 19.1 Å². The highest BCUT2D eigenvalue weighted by atomic mass is 19.4. The van der Waals surface area contributed by atoms with Gasteiger partial charge in [0.05, 0.1) is 24.5 Å². The summed E-state index contributed by atoms with van der Waals surface area (Å²) in [5.41, 5.74) is 4.50. The van der Waals surface area contributed by atoms with E-state index in [-0.39, 0.29) is 25.0 Å².